The van der Waals surface area contributed by atoms with Gasteiger partial charge in [0.15, 0.2) is 5.76 Å². The van der Waals surface area contributed by atoms with E-state index in [9.17, 15) is 24.3 Å². The van der Waals surface area contributed by atoms with E-state index in [-0.39, 0.29) is 18.0 Å². The van der Waals surface area contributed by atoms with E-state index in [0.29, 0.717) is 29.7 Å². The Morgan fingerprint density at radius 1 is 0.971 bits per heavy atom. The van der Waals surface area contributed by atoms with Gasteiger partial charge in [0.1, 0.15) is 5.76 Å². The van der Waals surface area contributed by atoms with E-state index in [4.69, 9.17) is 9.62 Å². The first-order valence-corrected chi connectivity index (χ1v) is 11.7. The van der Waals surface area contributed by atoms with Crippen LogP contribution in [0.5, 0.6) is 0 Å². The highest BCUT2D eigenvalue weighted by molar-refractivity contribution is 5.93. The quantitative estimate of drug-likeness (QED) is 0.125. The van der Waals surface area contributed by atoms with Crippen molar-refractivity contribution in [2.75, 3.05) is 6.67 Å². The van der Waals surface area contributed by atoms with E-state index in [1.807, 2.05) is 6.92 Å². The molecule has 1 heterocycles. The van der Waals surface area contributed by atoms with Gasteiger partial charge in [0.25, 0.3) is 5.91 Å². The second-order valence-corrected chi connectivity index (χ2v) is 8.32. The van der Waals surface area contributed by atoms with Gasteiger partial charge in [-0.1, -0.05) is 45.2 Å². The van der Waals surface area contributed by atoms with Crippen molar-refractivity contribution in [2.24, 2.45) is 11.8 Å². The zero-order chi connectivity index (χ0) is 26.0. The lowest BCUT2D eigenvalue weighted by atomic mass is 9.84. The molecule has 190 valence electrons. The van der Waals surface area contributed by atoms with Gasteiger partial charge in [0.2, 0.25) is 11.8 Å². The zero-order valence-electron chi connectivity index (χ0n) is 20.2. The van der Waals surface area contributed by atoms with Crippen LogP contribution in [0.4, 0.5) is 0 Å². The summed E-state index contributed by atoms with van der Waals surface area (Å²) in [5.74, 6) is -3.63. The van der Waals surface area contributed by atoms with Crippen molar-refractivity contribution in [3.8, 4) is 11.3 Å². The van der Waals surface area contributed by atoms with Crippen LogP contribution in [0.3, 0.4) is 0 Å². The van der Waals surface area contributed by atoms with Crippen LogP contribution in [0.2, 0.25) is 0 Å². The standard InChI is InChI=1S/C25H33N3O7/c1-4-6-7-8-18(17(5-2)23(30)28-34)22(29)26-14-27-24(31)21-12-11-20(35-21)16-10-9-15(3)19(13-16)25(32)33/h9-13,17-18,34H,4-8,14H2,1-3H3,(H,26,29)(H,27,31)(H,28,30)(H,32,33)/t17-,18-/m1/s1. The number of benzene rings is 1. The van der Waals surface area contributed by atoms with Crippen LogP contribution in [-0.2, 0) is 9.59 Å². The van der Waals surface area contributed by atoms with E-state index < -0.39 is 35.5 Å². The molecule has 0 bridgehead atoms. The first-order chi connectivity index (χ1) is 16.7. The van der Waals surface area contributed by atoms with Crippen LogP contribution in [0.1, 0.15) is 72.4 Å². The summed E-state index contributed by atoms with van der Waals surface area (Å²) in [6.45, 7) is 5.31. The molecule has 0 fully saturated rings. The van der Waals surface area contributed by atoms with Gasteiger partial charge < -0.3 is 20.2 Å². The Labute approximate surface area is 204 Å². The molecule has 35 heavy (non-hydrogen) atoms. The van der Waals surface area contributed by atoms with E-state index >= 15 is 0 Å². The lowest BCUT2D eigenvalue weighted by Gasteiger charge is -2.24. The smallest absolute Gasteiger partial charge is 0.335 e. The summed E-state index contributed by atoms with van der Waals surface area (Å²) in [6.07, 6.45) is 3.48. The summed E-state index contributed by atoms with van der Waals surface area (Å²) in [4.78, 5) is 48.7. The Hall–Kier alpha value is -3.66. The molecule has 0 aliphatic heterocycles. The highest BCUT2D eigenvalue weighted by Gasteiger charge is 2.32. The molecule has 0 aliphatic rings. The fourth-order valence-corrected chi connectivity index (χ4v) is 3.92. The lowest BCUT2D eigenvalue weighted by Crippen LogP contribution is -2.44. The molecule has 2 atom stereocenters. The Morgan fingerprint density at radius 3 is 2.34 bits per heavy atom. The molecular formula is C25H33N3O7. The molecule has 3 amide bonds. The molecule has 1 aromatic heterocycles. The number of rotatable bonds is 13. The number of hydroxylamine groups is 1. The fourth-order valence-electron chi connectivity index (χ4n) is 3.92. The number of carboxylic acids is 1. The van der Waals surface area contributed by atoms with E-state index in [1.54, 1.807) is 37.5 Å². The van der Waals surface area contributed by atoms with Gasteiger partial charge in [-0.15, -0.1) is 0 Å². The maximum atomic E-state index is 12.8. The fraction of sp³-hybridized carbons (Fsp3) is 0.440. The van der Waals surface area contributed by atoms with Gasteiger partial charge in [-0.3, -0.25) is 19.6 Å². The first-order valence-electron chi connectivity index (χ1n) is 11.7. The summed E-state index contributed by atoms with van der Waals surface area (Å²) in [5, 5.41) is 23.5. The van der Waals surface area contributed by atoms with Crippen molar-refractivity contribution < 1.29 is 33.9 Å². The number of carbonyl (C=O) groups is 4. The van der Waals surface area contributed by atoms with Crippen LogP contribution in [0, 0.1) is 18.8 Å². The molecule has 0 saturated heterocycles. The van der Waals surface area contributed by atoms with E-state index in [1.165, 1.54) is 12.1 Å². The van der Waals surface area contributed by atoms with Gasteiger partial charge in [0.05, 0.1) is 18.2 Å². The number of hydrogen-bond acceptors (Lipinski definition) is 6. The van der Waals surface area contributed by atoms with Crippen LogP contribution < -0.4 is 16.1 Å². The molecular weight excluding hydrogens is 454 g/mol. The van der Waals surface area contributed by atoms with Gasteiger partial charge >= 0.3 is 5.97 Å². The predicted octanol–water partition coefficient (Wildman–Crippen LogP) is 3.48. The number of hydrogen-bond donors (Lipinski definition) is 5. The Bertz CT molecular complexity index is 1050. The SMILES string of the molecule is CCCCC[C@@H](C(=O)NCNC(=O)c1ccc(-c2ccc(C)c(C(=O)O)c2)o1)[C@@H](CC)C(=O)NO. The minimum absolute atomic E-state index is 0.00251. The summed E-state index contributed by atoms with van der Waals surface area (Å²) in [6, 6.07) is 7.86. The minimum Gasteiger partial charge on any atom is -0.478 e. The zero-order valence-corrected chi connectivity index (χ0v) is 20.2. The number of nitrogens with one attached hydrogen (secondary N) is 3. The second kappa shape index (κ2) is 13.3. The molecule has 0 unspecified atom stereocenters. The highest BCUT2D eigenvalue weighted by Crippen LogP contribution is 2.25. The number of amides is 3. The molecule has 2 aromatic rings. The topological polar surface area (TPSA) is 158 Å². The van der Waals surface area contributed by atoms with Crippen molar-refractivity contribution in [2.45, 2.75) is 52.9 Å². The van der Waals surface area contributed by atoms with Gasteiger partial charge in [-0.2, -0.15) is 0 Å². The number of aryl methyl sites for hydroxylation is 1. The summed E-state index contributed by atoms with van der Waals surface area (Å²) >= 11 is 0. The predicted molar refractivity (Wildman–Crippen MR) is 128 cm³/mol. The van der Waals surface area contributed by atoms with E-state index in [2.05, 4.69) is 10.6 Å². The molecule has 0 radical (unpaired) electrons. The van der Waals surface area contributed by atoms with Gasteiger partial charge in [0, 0.05) is 11.5 Å². The molecule has 0 saturated carbocycles. The van der Waals surface area contributed by atoms with Gasteiger partial charge in [-0.05, 0) is 43.5 Å². The third-order valence-electron chi connectivity index (χ3n) is 5.92. The maximum absolute atomic E-state index is 12.8. The maximum Gasteiger partial charge on any atom is 0.335 e. The largest absolute Gasteiger partial charge is 0.478 e. The average Bonchev–Trinajstić information content (AvgIpc) is 3.33. The Morgan fingerprint density at radius 2 is 1.71 bits per heavy atom. The molecule has 0 spiro atoms. The first kappa shape index (κ1) is 27.6. The number of aromatic carboxylic acids is 1. The monoisotopic (exact) mass is 487 g/mol. The summed E-state index contributed by atoms with van der Waals surface area (Å²) < 4.78 is 5.58. The molecule has 10 nitrogen and oxygen atoms in total. The number of unbranched alkanes of at least 4 members (excludes halogenated alkanes) is 2. The van der Waals surface area contributed by atoms with Crippen LogP contribution in [0.25, 0.3) is 11.3 Å². The van der Waals surface area contributed by atoms with Crippen LogP contribution in [-0.4, -0.2) is 40.7 Å². The molecule has 2 rings (SSSR count). The minimum atomic E-state index is -1.06. The van der Waals surface area contributed by atoms with Crippen molar-refractivity contribution in [1.82, 2.24) is 16.1 Å². The molecule has 1 aromatic carbocycles. The Balaban J connectivity index is 2.01. The highest BCUT2D eigenvalue weighted by atomic mass is 16.5. The third-order valence-corrected chi connectivity index (χ3v) is 5.92. The van der Waals surface area contributed by atoms with Crippen molar-refractivity contribution in [3.05, 3.63) is 47.2 Å². The summed E-state index contributed by atoms with van der Waals surface area (Å²) in [7, 11) is 0. The van der Waals surface area contributed by atoms with Crippen molar-refractivity contribution in [1.29, 1.82) is 0 Å². The third kappa shape index (κ3) is 7.41. The normalized spacial score (nSPS) is 12.5. The number of carboxylic acid groups (broad SMARTS) is 1. The number of carbonyl (C=O) groups excluding carboxylic acids is 3. The average molecular weight is 488 g/mol. The number of furan rings is 1. The van der Waals surface area contributed by atoms with Crippen molar-refractivity contribution >= 4 is 23.7 Å². The van der Waals surface area contributed by atoms with E-state index in [0.717, 1.165) is 19.3 Å². The van der Waals surface area contributed by atoms with Crippen LogP contribution >= 0.6 is 0 Å². The lowest BCUT2D eigenvalue weighted by molar-refractivity contribution is -0.140. The van der Waals surface area contributed by atoms with Crippen LogP contribution in [0.15, 0.2) is 34.7 Å². The summed E-state index contributed by atoms with van der Waals surface area (Å²) in [5.41, 5.74) is 2.90. The Kier molecular flexibility index (Phi) is 10.5. The molecule has 10 heteroatoms. The van der Waals surface area contributed by atoms with Gasteiger partial charge in [-0.25, -0.2) is 10.3 Å². The molecule has 0 aliphatic carbocycles. The second-order valence-electron chi connectivity index (χ2n) is 8.32. The molecule has 5 N–H and O–H groups in total. The van der Waals surface area contributed by atoms with Crippen molar-refractivity contribution in [3.63, 3.8) is 0 Å².